The molecule has 1 saturated heterocycles. The quantitative estimate of drug-likeness (QED) is 0.625. The molecular formula is C16H24NO2+. The molecule has 3 heteroatoms. The lowest BCUT2D eigenvalue weighted by molar-refractivity contribution is -0.905. The molecule has 1 aliphatic rings. The third-order valence-corrected chi connectivity index (χ3v) is 3.76. The lowest BCUT2D eigenvalue weighted by Crippen LogP contribution is -3.12. The van der Waals surface area contributed by atoms with E-state index in [0.29, 0.717) is 12.2 Å². The molecule has 104 valence electrons. The molecule has 0 unspecified atom stereocenters. The summed E-state index contributed by atoms with van der Waals surface area (Å²) in [6, 6.07) is 7.50. The predicted molar refractivity (Wildman–Crippen MR) is 76.0 cm³/mol. The average Bonchev–Trinajstić information content (AvgIpc) is 2.45. The molecule has 0 amide bonds. The number of Topliss-reactive ketones (excluding diaryl/α,β-unsaturated/α-hetero) is 1. The number of rotatable bonds is 6. The number of hydrogen-bond donors (Lipinski definition) is 1. The molecule has 1 N–H and O–H groups in total. The first-order chi connectivity index (χ1) is 9.27. The van der Waals surface area contributed by atoms with Crippen molar-refractivity contribution in [2.75, 3.05) is 26.2 Å². The fourth-order valence-electron chi connectivity index (χ4n) is 2.69. The zero-order valence-electron chi connectivity index (χ0n) is 11.8. The molecule has 1 aromatic rings. The van der Waals surface area contributed by atoms with Crippen LogP contribution < -0.4 is 9.64 Å². The molecule has 0 radical (unpaired) electrons. The Kier molecular flexibility index (Phi) is 5.40. The summed E-state index contributed by atoms with van der Waals surface area (Å²) in [7, 11) is 0. The van der Waals surface area contributed by atoms with Crippen molar-refractivity contribution < 1.29 is 14.4 Å². The molecule has 1 aromatic carbocycles. The van der Waals surface area contributed by atoms with Gasteiger partial charge in [0, 0.05) is 6.42 Å². The number of ketones is 1. The van der Waals surface area contributed by atoms with Crippen LogP contribution in [0.3, 0.4) is 0 Å². The molecule has 3 nitrogen and oxygen atoms in total. The number of benzene rings is 1. The second-order valence-electron chi connectivity index (χ2n) is 5.32. The van der Waals surface area contributed by atoms with Gasteiger partial charge in [-0.2, -0.15) is 0 Å². The Labute approximate surface area is 115 Å². The summed E-state index contributed by atoms with van der Waals surface area (Å²) < 4.78 is 5.76. The zero-order chi connectivity index (χ0) is 13.5. The molecule has 1 heterocycles. The minimum atomic E-state index is 0.0669. The predicted octanol–water partition coefficient (Wildman–Crippen LogP) is 1.73. The van der Waals surface area contributed by atoms with E-state index < -0.39 is 0 Å². The SMILES string of the molecule is CC(=O)c1ccccc1OCCC[NH+]1CCCCC1. The lowest BCUT2D eigenvalue weighted by atomic mass is 10.1. The number of para-hydroxylation sites is 1. The van der Waals surface area contributed by atoms with E-state index in [2.05, 4.69) is 0 Å². The fraction of sp³-hybridized carbons (Fsp3) is 0.562. The average molecular weight is 262 g/mol. The number of ether oxygens (including phenoxy) is 1. The molecule has 2 rings (SSSR count). The van der Waals surface area contributed by atoms with Crippen molar-refractivity contribution in [2.45, 2.75) is 32.6 Å². The molecule has 0 atom stereocenters. The lowest BCUT2D eigenvalue weighted by Gasteiger charge is -2.23. The van der Waals surface area contributed by atoms with E-state index in [1.807, 2.05) is 24.3 Å². The van der Waals surface area contributed by atoms with Gasteiger partial charge in [0.1, 0.15) is 5.75 Å². The van der Waals surface area contributed by atoms with Gasteiger partial charge in [-0.1, -0.05) is 12.1 Å². The molecule has 0 spiro atoms. The maximum Gasteiger partial charge on any atom is 0.163 e. The summed E-state index contributed by atoms with van der Waals surface area (Å²) in [6.45, 7) is 6.09. The number of hydrogen-bond acceptors (Lipinski definition) is 2. The van der Waals surface area contributed by atoms with Crippen LogP contribution in [0.25, 0.3) is 0 Å². The molecule has 0 saturated carbocycles. The van der Waals surface area contributed by atoms with Crippen molar-refractivity contribution in [1.82, 2.24) is 0 Å². The Morgan fingerprint density at radius 1 is 1.21 bits per heavy atom. The summed E-state index contributed by atoms with van der Waals surface area (Å²) in [6.07, 6.45) is 5.18. The van der Waals surface area contributed by atoms with Crippen molar-refractivity contribution in [3.63, 3.8) is 0 Å². The van der Waals surface area contributed by atoms with Crippen molar-refractivity contribution in [3.05, 3.63) is 29.8 Å². The van der Waals surface area contributed by atoms with Crippen LogP contribution in [-0.2, 0) is 0 Å². The van der Waals surface area contributed by atoms with E-state index in [1.165, 1.54) is 38.9 Å². The van der Waals surface area contributed by atoms with Gasteiger partial charge in [-0.25, -0.2) is 0 Å². The second kappa shape index (κ2) is 7.29. The maximum absolute atomic E-state index is 11.5. The van der Waals surface area contributed by atoms with Gasteiger partial charge >= 0.3 is 0 Å². The highest BCUT2D eigenvalue weighted by Gasteiger charge is 2.13. The van der Waals surface area contributed by atoms with E-state index >= 15 is 0 Å². The molecule has 19 heavy (non-hydrogen) atoms. The van der Waals surface area contributed by atoms with E-state index in [9.17, 15) is 4.79 Å². The van der Waals surface area contributed by atoms with Crippen LogP contribution in [0.15, 0.2) is 24.3 Å². The molecule has 1 aliphatic heterocycles. The highest BCUT2D eigenvalue weighted by atomic mass is 16.5. The molecule has 1 fully saturated rings. The van der Waals surface area contributed by atoms with Crippen LogP contribution in [0.1, 0.15) is 43.0 Å². The minimum Gasteiger partial charge on any atom is -0.493 e. The Morgan fingerprint density at radius 2 is 1.95 bits per heavy atom. The number of carbonyl (C=O) groups excluding carboxylic acids is 1. The first-order valence-corrected chi connectivity index (χ1v) is 7.33. The van der Waals surface area contributed by atoms with E-state index in [0.717, 1.165) is 12.2 Å². The molecule has 0 bridgehead atoms. The smallest absolute Gasteiger partial charge is 0.163 e. The Balaban J connectivity index is 1.74. The number of likely N-dealkylation sites (tertiary alicyclic amines) is 1. The number of quaternary nitrogens is 1. The topological polar surface area (TPSA) is 30.7 Å². The largest absolute Gasteiger partial charge is 0.493 e. The van der Waals surface area contributed by atoms with Crippen molar-refractivity contribution in [1.29, 1.82) is 0 Å². The summed E-state index contributed by atoms with van der Waals surface area (Å²) in [5.74, 6) is 0.792. The number of nitrogens with one attached hydrogen (secondary N) is 1. The number of carbonyl (C=O) groups is 1. The molecule has 0 aliphatic carbocycles. The normalized spacial score (nSPS) is 16.3. The van der Waals surface area contributed by atoms with Crippen LogP contribution in [0.2, 0.25) is 0 Å². The second-order valence-corrected chi connectivity index (χ2v) is 5.32. The van der Waals surface area contributed by atoms with Gasteiger partial charge in [0.15, 0.2) is 5.78 Å². The zero-order valence-corrected chi connectivity index (χ0v) is 11.8. The van der Waals surface area contributed by atoms with Gasteiger partial charge in [0.25, 0.3) is 0 Å². The van der Waals surface area contributed by atoms with Gasteiger partial charge in [-0.15, -0.1) is 0 Å². The summed E-state index contributed by atoms with van der Waals surface area (Å²) in [5.41, 5.74) is 0.688. The van der Waals surface area contributed by atoms with Gasteiger partial charge in [0.2, 0.25) is 0 Å². The highest BCUT2D eigenvalue weighted by molar-refractivity contribution is 5.96. The van der Waals surface area contributed by atoms with E-state index in [4.69, 9.17) is 4.74 Å². The standard InChI is InChI=1S/C16H23NO2/c1-14(18)15-8-3-4-9-16(15)19-13-7-12-17-10-5-2-6-11-17/h3-4,8-9H,2,5-7,10-13H2,1H3/p+1. The van der Waals surface area contributed by atoms with E-state index in [1.54, 1.807) is 11.8 Å². The summed E-state index contributed by atoms with van der Waals surface area (Å²) in [4.78, 5) is 13.2. The van der Waals surface area contributed by atoms with Gasteiger partial charge in [0.05, 0.1) is 31.8 Å². The first-order valence-electron chi connectivity index (χ1n) is 7.33. The number of piperidine rings is 1. The molecule has 0 aromatic heterocycles. The van der Waals surface area contributed by atoms with Crippen LogP contribution in [0, 0.1) is 0 Å². The van der Waals surface area contributed by atoms with Crippen LogP contribution in [0.4, 0.5) is 0 Å². The third kappa shape index (κ3) is 4.35. The van der Waals surface area contributed by atoms with Crippen molar-refractivity contribution in [3.8, 4) is 5.75 Å². The van der Waals surface area contributed by atoms with E-state index in [-0.39, 0.29) is 5.78 Å². The first kappa shape index (κ1) is 14.1. The van der Waals surface area contributed by atoms with Crippen LogP contribution in [-0.4, -0.2) is 32.0 Å². The maximum atomic E-state index is 11.5. The van der Waals surface area contributed by atoms with Gasteiger partial charge in [-0.05, 0) is 38.3 Å². The monoisotopic (exact) mass is 262 g/mol. The Bertz CT molecular complexity index is 411. The highest BCUT2D eigenvalue weighted by Crippen LogP contribution is 2.18. The van der Waals surface area contributed by atoms with Crippen molar-refractivity contribution in [2.24, 2.45) is 0 Å². The van der Waals surface area contributed by atoms with Crippen molar-refractivity contribution >= 4 is 5.78 Å². The Morgan fingerprint density at radius 3 is 2.68 bits per heavy atom. The molecular weight excluding hydrogens is 238 g/mol. The fourth-order valence-corrected chi connectivity index (χ4v) is 2.69. The minimum absolute atomic E-state index is 0.0669. The van der Waals surface area contributed by atoms with Gasteiger partial charge < -0.3 is 9.64 Å². The van der Waals surface area contributed by atoms with Crippen LogP contribution >= 0.6 is 0 Å². The Hall–Kier alpha value is -1.35. The summed E-state index contributed by atoms with van der Waals surface area (Å²) >= 11 is 0. The van der Waals surface area contributed by atoms with Crippen LogP contribution in [0.5, 0.6) is 5.75 Å². The van der Waals surface area contributed by atoms with Gasteiger partial charge in [-0.3, -0.25) is 4.79 Å². The third-order valence-electron chi connectivity index (χ3n) is 3.76. The summed E-state index contributed by atoms with van der Waals surface area (Å²) in [5, 5.41) is 0.